The lowest BCUT2D eigenvalue weighted by molar-refractivity contribution is -0.289. The third-order valence-corrected chi connectivity index (χ3v) is 7.88. The van der Waals surface area contributed by atoms with Crippen LogP contribution >= 0.6 is 0 Å². The van der Waals surface area contributed by atoms with Gasteiger partial charge in [-0.1, -0.05) is 0 Å². The van der Waals surface area contributed by atoms with Crippen molar-refractivity contribution in [1.82, 2.24) is 0 Å². The van der Waals surface area contributed by atoms with Gasteiger partial charge in [-0.05, 0) is 45.0 Å². The van der Waals surface area contributed by atoms with Gasteiger partial charge in [-0.3, -0.25) is 14.4 Å². The molecule has 0 bridgehead atoms. The predicted molar refractivity (Wildman–Crippen MR) is 150 cm³/mol. The molecule has 2 fully saturated rings. The monoisotopic (exact) mass is 632 g/mol. The number of Topliss-reactive ketones (excluding diaryl/α,β-unsaturated/α-hetero) is 2. The van der Waals surface area contributed by atoms with E-state index in [9.17, 15) is 50.1 Å². The van der Waals surface area contributed by atoms with Crippen molar-refractivity contribution in [2.45, 2.75) is 70.2 Å². The number of phenolic OH excluding ortho intramolecular Hbond substituents is 2. The highest BCUT2D eigenvalue weighted by Crippen LogP contribution is 2.40. The van der Waals surface area contributed by atoms with Crippen LogP contribution in [0.5, 0.6) is 23.0 Å². The van der Waals surface area contributed by atoms with Gasteiger partial charge in [-0.25, -0.2) is 0 Å². The fraction of sp³-hybridized carbons (Fsp3) is 0.433. The first-order chi connectivity index (χ1) is 21.2. The minimum atomic E-state index is -1.96. The minimum Gasteiger partial charge on any atom is -0.508 e. The summed E-state index contributed by atoms with van der Waals surface area (Å²) in [5.74, 6) is -6.03. The number of aromatic hydroxyl groups is 2. The van der Waals surface area contributed by atoms with E-state index in [0.717, 1.165) is 19.9 Å². The molecule has 2 saturated heterocycles. The first kappa shape index (κ1) is 32.3. The second kappa shape index (κ2) is 12.4. The van der Waals surface area contributed by atoms with Crippen LogP contribution in [0.25, 0.3) is 22.3 Å². The van der Waals surface area contributed by atoms with Gasteiger partial charge in [0.2, 0.25) is 23.8 Å². The van der Waals surface area contributed by atoms with Gasteiger partial charge in [0.05, 0.1) is 17.9 Å². The van der Waals surface area contributed by atoms with Crippen molar-refractivity contribution in [3.8, 4) is 34.3 Å². The number of phenols is 2. The summed E-state index contributed by atoms with van der Waals surface area (Å²) in [5.41, 5.74) is -1.06. The van der Waals surface area contributed by atoms with Crippen molar-refractivity contribution in [1.29, 1.82) is 0 Å². The smallest absolute Gasteiger partial charge is 0.239 e. The number of hydrogen-bond acceptors (Lipinski definition) is 15. The molecule has 0 spiro atoms. The second-order valence-electron chi connectivity index (χ2n) is 11.0. The molecule has 0 radical (unpaired) electrons. The molecule has 0 unspecified atom stereocenters. The molecule has 2 aromatic carbocycles. The lowest BCUT2D eigenvalue weighted by atomic mass is 9.79. The highest BCUT2D eigenvalue weighted by molar-refractivity contribution is 5.89. The van der Waals surface area contributed by atoms with Gasteiger partial charge >= 0.3 is 0 Å². The molecule has 2 aliphatic rings. The zero-order valence-electron chi connectivity index (χ0n) is 24.1. The van der Waals surface area contributed by atoms with Crippen molar-refractivity contribution >= 4 is 22.5 Å². The molecule has 5 rings (SSSR count). The van der Waals surface area contributed by atoms with Gasteiger partial charge in [-0.15, -0.1) is 0 Å². The van der Waals surface area contributed by atoms with Gasteiger partial charge in [0.1, 0.15) is 64.2 Å². The number of rotatable bonds is 7. The SMILES string of the molecule is CC(=O)[C@@H]1[C@@H](Oc2c(-c3ccc(O)cc3)oc3cc(O[C@@H]4O[C@H](C)[C@@H](O)[C@H](O)[C@H]4O)cc(O)c3c2=O)O[C@@H](O)[C@H](O)[C@H]1C(C)=O. The van der Waals surface area contributed by atoms with Crippen molar-refractivity contribution in [2.24, 2.45) is 11.8 Å². The van der Waals surface area contributed by atoms with Crippen LogP contribution in [0.2, 0.25) is 0 Å². The summed E-state index contributed by atoms with van der Waals surface area (Å²) < 4.78 is 28.2. The molecular weight excluding hydrogens is 600 g/mol. The van der Waals surface area contributed by atoms with E-state index in [1.54, 1.807) is 0 Å². The van der Waals surface area contributed by atoms with Crippen molar-refractivity contribution < 1.29 is 68.7 Å². The summed E-state index contributed by atoms with van der Waals surface area (Å²) in [6.45, 7) is 3.68. The lowest BCUT2D eigenvalue weighted by Gasteiger charge is -2.40. The Kier molecular flexibility index (Phi) is 8.88. The third-order valence-electron chi connectivity index (χ3n) is 7.88. The standard InChI is InChI=1S/C30H32O15/c1-10(31)18-19(11(2)32)29(45-28(40)23(18)37)44-27-22(36)20-16(34)8-15(42-30-25(39)24(38)21(35)12(3)41-30)9-17(20)43-26(27)13-4-6-14(33)7-5-13/h4-9,12,18-19,21,23-25,28-30,33-35,37-40H,1-3H3/t12-,18+,19+,21-,23-,24+,25-,28-,29+,30+/m1/s1. The second-order valence-corrected chi connectivity index (χ2v) is 11.0. The van der Waals surface area contributed by atoms with Crippen LogP contribution in [-0.2, 0) is 19.1 Å². The van der Waals surface area contributed by atoms with E-state index in [4.69, 9.17) is 23.4 Å². The number of carbonyl (C=O) groups is 2. The summed E-state index contributed by atoms with van der Waals surface area (Å²) in [6.07, 6.45) is -12.6. The Morgan fingerprint density at radius 1 is 0.778 bits per heavy atom. The number of aliphatic hydroxyl groups is 5. The first-order valence-electron chi connectivity index (χ1n) is 13.9. The zero-order valence-corrected chi connectivity index (χ0v) is 24.1. The molecule has 1 aromatic heterocycles. The lowest BCUT2D eigenvalue weighted by Crippen LogP contribution is -2.58. The number of hydrogen-bond donors (Lipinski definition) is 7. The van der Waals surface area contributed by atoms with Crippen molar-refractivity contribution in [3.63, 3.8) is 0 Å². The van der Waals surface area contributed by atoms with Gasteiger partial charge in [0.15, 0.2) is 12.1 Å². The fourth-order valence-corrected chi connectivity index (χ4v) is 5.50. The Bertz CT molecular complexity index is 1650. The Morgan fingerprint density at radius 2 is 1.42 bits per heavy atom. The summed E-state index contributed by atoms with van der Waals surface area (Å²) >= 11 is 0. The van der Waals surface area contributed by atoms with Crippen molar-refractivity contribution in [3.05, 3.63) is 46.6 Å². The van der Waals surface area contributed by atoms with Crippen LogP contribution in [0.3, 0.4) is 0 Å². The molecule has 0 aliphatic carbocycles. The number of benzene rings is 2. The molecule has 3 aromatic rings. The Balaban J connectivity index is 1.62. The maximum atomic E-state index is 13.9. The summed E-state index contributed by atoms with van der Waals surface area (Å²) in [5, 5.41) is 71.4. The van der Waals surface area contributed by atoms with E-state index >= 15 is 0 Å². The number of aliphatic hydroxyl groups excluding tert-OH is 5. The number of fused-ring (bicyclic) bond motifs is 1. The fourth-order valence-electron chi connectivity index (χ4n) is 5.50. The van der Waals surface area contributed by atoms with E-state index in [1.165, 1.54) is 37.3 Å². The first-order valence-corrected chi connectivity index (χ1v) is 13.9. The van der Waals surface area contributed by atoms with Crippen LogP contribution in [-0.4, -0.2) is 96.7 Å². The highest BCUT2D eigenvalue weighted by atomic mass is 16.7. The van der Waals surface area contributed by atoms with Crippen LogP contribution in [0, 0.1) is 11.8 Å². The molecule has 15 nitrogen and oxygen atoms in total. The zero-order chi connectivity index (χ0) is 32.9. The quantitative estimate of drug-likeness (QED) is 0.180. The van der Waals surface area contributed by atoms with E-state index in [2.05, 4.69) is 0 Å². The van der Waals surface area contributed by atoms with Crippen molar-refractivity contribution in [2.75, 3.05) is 0 Å². The van der Waals surface area contributed by atoms with E-state index in [1.807, 2.05) is 0 Å². The van der Waals surface area contributed by atoms with Crippen LogP contribution < -0.4 is 14.9 Å². The molecule has 2 aliphatic heterocycles. The topological polar surface area (TPSA) is 243 Å². The number of ether oxygens (including phenoxy) is 4. The maximum Gasteiger partial charge on any atom is 0.239 e. The van der Waals surface area contributed by atoms with Crippen LogP contribution in [0.15, 0.2) is 45.6 Å². The Labute approximate surface area is 254 Å². The largest absolute Gasteiger partial charge is 0.508 e. The van der Waals surface area contributed by atoms with Crippen LogP contribution in [0.4, 0.5) is 0 Å². The average Bonchev–Trinajstić information content (AvgIpc) is 2.97. The molecule has 15 heteroatoms. The third kappa shape index (κ3) is 5.98. The normalized spacial score (nSPS) is 31.8. The number of carbonyl (C=O) groups excluding carboxylic acids is 2. The van der Waals surface area contributed by atoms with Gasteiger partial charge in [0.25, 0.3) is 0 Å². The molecule has 0 saturated carbocycles. The summed E-state index contributed by atoms with van der Waals surface area (Å²) in [6, 6.07) is 7.49. The van der Waals surface area contributed by atoms with E-state index < -0.39 is 95.1 Å². The summed E-state index contributed by atoms with van der Waals surface area (Å²) in [4.78, 5) is 39.0. The molecule has 45 heavy (non-hydrogen) atoms. The molecule has 3 heterocycles. The maximum absolute atomic E-state index is 13.9. The average molecular weight is 633 g/mol. The molecule has 7 N–H and O–H groups in total. The van der Waals surface area contributed by atoms with Crippen LogP contribution in [0.1, 0.15) is 20.8 Å². The van der Waals surface area contributed by atoms with E-state index in [-0.39, 0.29) is 28.4 Å². The number of ketones is 2. The van der Waals surface area contributed by atoms with Gasteiger partial charge in [0, 0.05) is 17.7 Å². The van der Waals surface area contributed by atoms with Gasteiger partial charge in [-0.2, -0.15) is 0 Å². The Morgan fingerprint density at radius 3 is 2.04 bits per heavy atom. The van der Waals surface area contributed by atoms with E-state index in [0.29, 0.717) is 0 Å². The molecule has 10 atom stereocenters. The Hall–Kier alpha value is -4.09. The highest BCUT2D eigenvalue weighted by Gasteiger charge is 2.51. The molecular formula is C30H32O15. The molecule has 0 amide bonds. The predicted octanol–water partition coefficient (Wildman–Crippen LogP) is -0.0977. The minimum absolute atomic E-state index is 0.126. The summed E-state index contributed by atoms with van der Waals surface area (Å²) in [7, 11) is 0. The van der Waals surface area contributed by atoms with Gasteiger partial charge < -0.3 is 59.1 Å². The molecule has 242 valence electrons.